The minimum Gasteiger partial charge on any atom is -0.460 e. The summed E-state index contributed by atoms with van der Waals surface area (Å²) in [7, 11) is 4.20. The van der Waals surface area contributed by atoms with Gasteiger partial charge in [-0.3, -0.25) is 9.80 Å². The van der Waals surface area contributed by atoms with Crippen LogP contribution in [0.3, 0.4) is 0 Å². The Hall–Kier alpha value is -5.80. The summed E-state index contributed by atoms with van der Waals surface area (Å²) in [5, 5.41) is 9.96. The van der Waals surface area contributed by atoms with E-state index in [1.165, 1.54) is 22.0 Å². The largest absolute Gasteiger partial charge is 0.460 e. The van der Waals surface area contributed by atoms with Gasteiger partial charge >= 0.3 is 24.1 Å². The summed E-state index contributed by atoms with van der Waals surface area (Å²) in [6, 6.07) is 30.9. The highest BCUT2D eigenvalue weighted by atomic mass is 32.4. The molecular weight excluding hydrogens is 920 g/mol. The second kappa shape index (κ2) is 24.7. The van der Waals surface area contributed by atoms with Gasteiger partial charge < -0.3 is 38.3 Å². The van der Waals surface area contributed by atoms with Crippen LogP contribution in [-0.4, -0.2) is 129 Å². The molecule has 3 heterocycles. The van der Waals surface area contributed by atoms with Crippen molar-refractivity contribution in [1.82, 2.24) is 9.80 Å². The molecule has 3 saturated heterocycles. The van der Waals surface area contributed by atoms with Crippen LogP contribution in [0.5, 0.6) is 0 Å². The maximum atomic E-state index is 13.4. The number of likely N-dealkylation sites (tertiary alicyclic amines) is 2. The van der Waals surface area contributed by atoms with Crippen molar-refractivity contribution in [3.63, 3.8) is 0 Å². The highest BCUT2D eigenvalue weighted by Gasteiger charge is 2.44. The number of aliphatic hydroxyl groups excluding tert-OH is 1. The summed E-state index contributed by atoms with van der Waals surface area (Å²) in [5.74, 6) is -1.19. The Bertz CT molecular complexity index is 2360. The first kappa shape index (κ1) is 51.1. The predicted octanol–water partition coefficient (Wildman–Crippen LogP) is 8.36. The summed E-state index contributed by atoms with van der Waals surface area (Å²) in [4.78, 5) is 53.8. The molecule has 0 aromatic heterocycles. The lowest BCUT2D eigenvalue weighted by molar-refractivity contribution is -0.219. The lowest BCUT2D eigenvalue weighted by Crippen LogP contribution is -2.42. The van der Waals surface area contributed by atoms with Gasteiger partial charge in [-0.1, -0.05) is 134 Å². The van der Waals surface area contributed by atoms with Crippen LogP contribution in [0.25, 0.3) is 22.3 Å². The van der Waals surface area contributed by atoms with Gasteiger partial charge in [0.05, 0.1) is 38.0 Å². The third-order valence-electron chi connectivity index (χ3n) is 12.9. The first-order valence-corrected chi connectivity index (χ1v) is 24.8. The standard InChI is InChI=1S/C30H35NO7.C23H23NO5.HPS/c1-3-15-35-29(32)27-16-21(38-28-14-8-9-20(37-28)18-34-2)17-31(27)30(33)36-19-26-24-12-6-4-10-22(24)23-11-5-7-13-25(23)26;1-2-11-28-22(26)21-12-15(25)13-24(21)23(27)29-14-20-18-9-5-3-7-16(18)17-8-4-6-10-19(17)20;1-2/h3-7,10-13,20-21,26-28H,1,8-9,14-19H2,2H3;2-10,15,20-21,25H,1,11-14H2;1H/t20?,21?,27-,28?;15?,21-;/m00./s1. The third-order valence-corrected chi connectivity index (χ3v) is 12.9. The van der Waals surface area contributed by atoms with Crippen LogP contribution in [0.1, 0.15) is 66.2 Å². The minimum atomic E-state index is -0.847. The Kier molecular flexibility index (Phi) is 18.2. The first-order chi connectivity index (χ1) is 33.7. The molecule has 3 fully saturated rings. The highest BCUT2D eigenvalue weighted by molar-refractivity contribution is 7.88. The normalized spacial score (nSPS) is 22.0. The average molecular weight is 979 g/mol. The molecule has 16 heteroatoms. The van der Waals surface area contributed by atoms with Crippen LogP contribution in [0.15, 0.2) is 122 Å². The zero-order valence-corrected chi connectivity index (χ0v) is 40.5. The van der Waals surface area contributed by atoms with E-state index in [1.807, 2.05) is 60.7 Å². The van der Waals surface area contributed by atoms with E-state index in [1.54, 1.807) is 7.11 Å². The molecular formula is C53H59N2O12PS. The van der Waals surface area contributed by atoms with Gasteiger partial charge in [0.2, 0.25) is 0 Å². The van der Waals surface area contributed by atoms with E-state index >= 15 is 0 Å². The number of β-amino-alcohol motifs (C(OH)–C–C–N with tert-alkyl or cyclic N) is 1. The molecule has 2 aliphatic carbocycles. The number of ether oxygens (including phenoxy) is 7. The number of esters is 2. The molecule has 4 aromatic rings. The SMILES string of the molecule is C=CCOC(=O)[C@@H]1CC(O)CN1C(=O)OCC1c2ccccc2-c2ccccc21.C=CCOC(=O)[C@@H]1CC(OC2CCCC(COC)O2)CN1C(=O)OCC1c2ccccc2-c2ccccc21.P=S. The molecule has 5 aliphatic rings. The lowest BCUT2D eigenvalue weighted by Gasteiger charge is -2.31. The fourth-order valence-corrected chi connectivity index (χ4v) is 9.87. The van der Waals surface area contributed by atoms with Crippen molar-refractivity contribution >= 4 is 43.9 Å². The Balaban J connectivity index is 0.000000203. The number of rotatable bonds is 14. The Morgan fingerprint density at radius 1 is 0.652 bits per heavy atom. The fourth-order valence-electron chi connectivity index (χ4n) is 9.87. The first-order valence-electron chi connectivity index (χ1n) is 23.2. The van der Waals surface area contributed by atoms with Gasteiger partial charge in [-0.2, -0.15) is 0 Å². The van der Waals surface area contributed by atoms with Crippen molar-refractivity contribution in [2.24, 2.45) is 0 Å². The van der Waals surface area contributed by atoms with Crippen molar-refractivity contribution in [2.45, 2.75) is 80.6 Å². The van der Waals surface area contributed by atoms with Crippen LogP contribution in [0.2, 0.25) is 0 Å². The van der Waals surface area contributed by atoms with Gasteiger partial charge in [-0.25, -0.2) is 19.2 Å². The molecule has 3 aliphatic heterocycles. The number of carbonyl (C=O) groups excluding carboxylic acids is 4. The summed E-state index contributed by atoms with van der Waals surface area (Å²) >= 11 is 3.89. The van der Waals surface area contributed by atoms with Gasteiger partial charge in [0.1, 0.15) is 38.5 Å². The number of benzene rings is 4. The predicted molar refractivity (Wildman–Crippen MR) is 264 cm³/mol. The van der Waals surface area contributed by atoms with E-state index in [2.05, 4.69) is 69.4 Å². The molecule has 0 radical (unpaired) electrons. The van der Waals surface area contributed by atoms with Crippen LogP contribution in [-0.2, 0) is 54.6 Å². The number of fused-ring (bicyclic) bond motifs is 6. The second-order valence-electron chi connectivity index (χ2n) is 17.2. The van der Waals surface area contributed by atoms with Crippen molar-refractivity contribution in [1.29, 1.82) is 0 Å². The molecule has 4 unspecified atom stereocenters. The molecule has 69 heavy (non-hydrogen) atoms. The van der Waals surface area contributed by atoms with Gasteiger partial charge in [0.25, 0.3) is 0 Å². The van der Waals surface area contributed by atoms with Crippen LogP contribution in [0, 0.1) is 0 Å². The molecule has 364 valence electrons. The molecule has 0 saturated carbocycles. The number of hydrogen-bond donors (Lipinski definition) is 1. The lowest BCUT2D eigenvalue weighted by atomic mass is 9.98. The average Bonchev–Trinajstić information content (AvgIpc) is 4.15. The van der Waals surface area contributed by atoms with E-state index in [9.17, 15) is 24.3 Å². The Morgan fingerprint density at radius 2 is 1.09 bits per heavy atom. The van der Waals surface area contributed by atoms with Crippen LogP contribution in [0.4, 0.5) is 9.59 Å². The second-order valence-corrected chi connectivity index (χ2v) is 17.2. The number of carbonyl (C=O) groups is 4. The van der Waals surface area contributed by atoms with E-state index in [0.29, 0.717) is 13.0 Å². The minimum absolute atomic E-state index is 0.0215. The zero-order chi connectivity index (χ0) is 48.9. The smallest absolute Gasteiger partial charge is 0.410 e. The van der Waals surface area contributed by atoms with Gasteiger partial charge in [0.15, 0.2) is 6.29 Å². The number of aliphatic hydroxyl groups is 1. The van der Waals surface area contributed by atoms with Gasteiger partial charge in [-0.15, -0.1) is 0 Å². The van der Waals surface area contributed by atoms with E-state index < -0.39 is 48.6 Å². The molecule has 14 nitrogen and oxygen atoms in total. The van der Waals surface area contributed by atoms with Gasteiger partial charge in [0, 0.05) is 31.8 Å². The summed E-state index contributed by atoms with van der Waals surface area (Å²) in [6.45, 7) is 8.35. The number of hydrogen-bond acceptors (Lipinski definition) is 13. The zero-order valence-electron chi connectivity index (χ0n) is 38.7. The monoisotopic (exact) mass is 978 g/mol. The van der Waals surface area contributed by atoms with Crippen LogP contribution < -0.4 is 0 Å². The number of methoxy groups -OCH3 is 1. The maximum absolute atomic E-state index is 13.4. The summed E-state index contributed by atoms with van der Waals surface area (Å²) < 4.78 is 39.3. The number of amides is 2. The number of nitrogens with zero attached hydrogens (tertiary/aromatic N) is 2. The Morgan fingerprint density at radius 3 is 1.54 bits per heavy atom. The molecule has 0 bridgehead atoms. The summed E-state index contributed by atoms with van der Waals surface area (Å²) in [6.07, 6.45) is 3.30. The van der Waals surface area contributed by atoms with Gasteiger partial charge in [-0.05, 0) is 71.8 Å². The van der Waals surface area contributed by atoms with Crippen LogP contribution >= 0.6 is 8.02 Å². The highest BCUT2D eigenvalue weighted by Crippen LogP contribution is 2.46. The molecule has 1 N–H and O–H groups in total. The quantitative estimate of drug-likeness (QED) is 0.0557. The maximum Gasteiger partial charge on any atom is 0.410 e. The molecule has 0 spiro atoms. The third kappa shape index (κ3) is 12.0. The van der Waals surface area contributed by atoms with Crippen molar-refractivity contribution in [3.8, 4) is 22.3 Å². The molecule has 6 atom stereocenters. The topological polar surface area (TPSA) is 160 Å². The summed E-state index contributed by atoms with van der Waals surface area (Å²) in [5.41, 5.74) is 9.10. The van der Waals surface area contributed by atoms with Crippen molar-refractivity contribution in [3.05, 3.63) is 145 Å². The molecule has 2 amide bonds. The molecule has 4 aromatic carbocycles. The Labute approximate surface area is 410 Å². The van der Waals surface area contributed by atoms with E-state index in [4.69, 9.17) is 33.2 Å². The van der Waals surface area contributed by atoms with E-state index in [-0.39, 0.29) is 70.0 Å². The fraction of sp³-hybridized carbons (Fsp3) is 0.396. The van der Waals surface area contributed by atoms with Crippen molar-refractivity contribution in [2.75, 3.05) is 53.2 Å². The molecule has 9 rings (SSSR count). The van der Waals surface area contributed by atoms with E-state index in [0.717, 1.165) is 63.8 Å². The van der Waals surface area contributed by atoms with Crippen molar-refractivity contribution < 1.29 is 57.4 Å².